The van der Waals surface area contributed by atoms with Crippen LogP contribution in [0.2, 0.25) is 0 Å². The van der Waals surface area contributed by atoms with Gasteiger partial charge in [-0.2, -0.15) is 4.31 Å². The summed E-state index contributed by atoms with van der Waals surface area (Å²) in [6, 6.07) is 5.41. The molecule has 1 N–H and O–H groups in total. The molecule has 2 saturated heterocycles. The van der Waals surface area contributed by atoms with Crippen molar-refractivity contribution in [1.29, 1.82) is 0 Å². The minimum atomic E-state index is -3.58. The average Bonchev–Trinajstić information content (AvgIpc) is 3.20. The fraction of sp³-hybridized carbons (Fsp3) is 0.619. The van der Waals surface area contributed by atoms with Crippen molar-refractivity contribution in [2.45, 2.75) is 56.1 Å². The zero-order valence-corrected chi connectivity index (χ0v) is 17.9. The van der Waals surface area contributed by atoms with E-state index in [1.807, 2.05) is 6.07 Å². The Morgan fingerprint density at radius 2 is 1.80 bits per heavy atom. The second-order valence-corrected chi connectivity index (χ2v) is 10.4. The van der Waals surface area contributed by atoms with Crippen molar-refractivity contribution < 1.29 is 27.9 Å². The van der Waals surface area contributed by atoms with Crippen LogP contribution in [0.4, 0.5) is 0 Å². The van der Waals surface area contributed by atoms with Gasteiger partial charge >= 0.3 is 5.97 Å². The lowest BCUT2D eigenvalue weighted by atomic mass is 9.96. The Morgan fingerprint density at radius 3 is 2.50 bits per heavy atom. The zero-order valence-electron chi connectivity index (χ0n) is 17.1. The standard InChI is InChI=1S/C21H28N2O6S/c1-14-12-22(13-19(29-14)21(25)26)20(24)16-7-9-23(10-8-16)30(27,28)18-6-5-15-3-2-4-17(15)11-18/h5-6,11,14,16,19H,2-4,7-10,12-13H2,1H3,(H,25,26)/t14-,19-/m1/s1. The number of nitrogens with zero attached hydrogens (tertiary/aromatic N) is 2. The molecule has 4 rings (SSSR count). The van der Waals surface area contributed by atoms with Gasteiger partial charge in [-0.3, -0.25) is 4.79 Å². The Hall–Kier alpha value is -1.97. The highest BCUT2D eigenvalue weighted by Gasteiger charge is 2.38. The molecule has 1 aromatic carbocycles. The summed E-state index contributed by atoms with van der Waals surface area (Å²) in [6.07, 6.45) is 2.51. The molecule has 0 aromatic heterocycles. The number of hydrogen-bond donors (Lipinski definition) is 1. The van der Waals surface area contributed by atoms with Gasteiger partial charge in [-0.05, 0) is 62.3 Å². The van der Waals surface area contributed by atoms with Crippen molar-refractivity contribution in [3.63, 3.8) is 0 Å². The third kappa shape index (κ3) is 4.10. The predicted molar refractivity (Wildman–Crippen MR) is 109 cm³/mol. The number of benzene rings is 1. The Labute approximate surface area is 176 Å². The summed E-state index contributed by atoms with van der Waals surface area (Å²) in [4.78, 5) is 26.1. The lowest BCUT2D eigenvalue weighted by Gasteiger charge is -2.38. The van der Waals surface area contributed by atoms with Crippen LogP contribution in [0.3, 0.4) is 0 Å². The highest BCUT2D eigenvalue weighted by Crippen LogP contribution is 2.29. The van der Waals surface area contributed by atoms with Crippen LogP contribution < -0.4 is 0 Å². The number of carbonyl (C=O) groups excluding carboxylic acids is 1. The first-order valence-electron chi connectivity index (χ1n) is 10.5. The van der Waals surface area contributed by atoms with Gasteiger partial charge in [0, 0.05) is 25.6 Å². The van der Waals surface area contributed by atoms with Crippen LogP contribution in [-0.4, -0.2) is 73.0 Å². The van der Waals surface area contributed by atoms with Gasteiger partial charge < -0.3 is 14.7 Å². The second-order valence-electron chi connectivity index (χ2n) is 8.48. The smallest absolute Gasteiger partial charge is 0.334 e. The van der Waals surface area contributed by atoms with Crippen molar-refractivity contribution in [3.8, 4) is 0 Å². The lowest BCUT2D eigenvalue weighted by Crippen LogP contribution is -2.54. The first kappa shape index (κ1) is 21.3. The number of amides is 1. The molecule has 3 aliphatic rings. The third-order valence-electron chi connectivity index (χ3n) is 6.36. The minimum absolute atomic E-state index is 0.0339. The second kappa shape index (κ2) is 8.28. The van der Waals surface area contributed by atoms with Gasteiger partial charge in [-0.15, -0.1) is 0 Å². The Kier molecular flexibility index (Phi) is 5.87. The molecule has 0 spiro atoms. The maximum atomic E-state index is 13.1. The SMILES string of the molecule is C[C@@H]1CN(C(=O)C2CCN(S(=O)(=O)c3ccc4c(c3)CCC4)CC2)C[C@H](C(=O)O)O1. The zero-order chi connectivity index (χ0) is 21.5. The number of carbonyl (C=O) groups is 2. The molecule has 0 unspecified atom stereocenters. The monoisotopic (exact) mass is 436 g/mol. The van der Waals surface area contributed by atoms with E-state index in [1.54, 1.807) is 24.0 Å². The van der Waals surface area contributed by atoms with Crippen molar-refractivity contribution >= 4 is 21.9 Å². The fourth-order valence-electron chi connectivity index (χ4n) is 4.73. The van der Waals surface area contributed by atoms with E-state index in [4.69, 9.17) is 4.74 Å². The first-order valence-corrected chi connectivity index (χ1v) is 12.0. The molecule has 1 aromatic rings. The van der Waals surface area contributed by atoms with Crippen LogP contribution in [0.1, 0.15) is 37.3 Å². The number of carboxylic acid groups (broad SMARTS) is 1. The minimum Gasteiger partial charge on any atom is -0.479 e. The summed E-state index contributed by atoms with van der Waals surface area (Å²) in [7, 11) is -3.58. The van der Waals surface area contributed by atoms with E-state index < -0.39 is 22.1 Å². The van der Waals surface area contributed by atoms with E-state index in [2.05, 4.69) is 0 Å². The van der Waals surface area contributed by atoms with E-state index in [1.165, 1.54) is 9.87 Å². The van der Waals surface area contributed by atoms with Gasteiger partial charge in [-0.1, -0.05) is 6.07 Å². The lowest BCUT2D eigenvalue weighted by molar-refractivity contribution is -0.168. The number of morpholine rings is 1. The van der Waals surface area contributed by atoms with E-state index in [0.717, 1.165) is 24.8 Å². The van der Waals surface area contributed by atoms with Crippen molar-refractivity contribution in [3.05, 3.63) is 29.3 Å². The van der Waals surface area contributed by atoms with Gasteiger partial charge in [-0.25, -0.2) is 13.2 Å². The molecule has 1 amide bonds. The van der Waals surface area contributed by atoms with Crippen LogP contribution in [0.25, 0.3) is 0 Å². The maximum absolute atomic E-state index is 13.1. The summed E-state index contributed by atoms with van der Waals surface area (Å²) in [6.45, 7) is 2.72. The summed E-state index contributed by atoms with van der Waals surface area (Å²) < 4.78 is 33.0. The molecular formula is C21H28N2O6S. The van der Waals surface area contributed by atoms with Gasteiger partial charge in [0.25, 0.3) is 0 Å². The van der Waals surface area contributed by atoms with Crippen LogP contribution >= 0.6 is 0 Å². The number of fused-ring (bicyclic) bond motifs is 1. The Morgan fingerprint density at radius 1 is 1.10 bits per heavy atom. The molecule has 0 radical (unpaired) electrons. The number of carboxylic acids is 1. The van der Waals surface area contributed by atoms with Gasteiger partial charge in [0.15, 0.2) is 6.10 Å². The van der Waals surface area contributed by atoms with Crippen molar-refractivity contribution in [2.24, 2.45) is 5.92 Å². The topological polar surface area (TPSA) is 104 Å². The number of rotatable bonds is 4. The molecule has 2 fully saturated rings. The molecule has 8 nitrogen and oxygen atoms in total. The first-order chi connectivity index (χ1) is 14.3. The molecule has 1 aliphatic carbocycles. The maximum Gasteiger partial charge on any atom is 0.334 e. The molecular weight excluding hydrogens is 408 g/mol. The quantitative estimate of drug-likeness (QED) is 0.762. The number of sulfonamides is 1. The molecule has 2 atom stereocenters. The number of piperidine rings is 1. The molecule has 164 valence electrons. The van der Waals surface area contributed by atoms with E-state index in [0.29, 0.717) is 24.3 Å². The van der Waals surface area contributed by atoms with Gasteiger partial charge in [0.2, 0.25) is 15.9 Å². The largest absolute Gasteiger partial charge is 0.479 e. The number of ether oxygens (including phenoxy) is 1. The molecule has 0 saturated carbocycles. The summed E-state index contributed by atoms with van der Waals surface area (Å²) >= 11 is 0. The Balaban J connectivity index is 1.39. The van der Waals surface area contributed by atoms with Crippen LogP contribution in [0.5, 0.6) is 0 Å². The van der Waals surface area contributed by atoms with Gasteiger partial charge in [0.05, 0.1) is 17.5 Å². The fourth-order valence-corrected chi connectivity index (χ4v) is 6.25. The highest BCUT2D eigenvalue weighted by molar-refractivity contribution is 7.89. The van der Waals surface area contributed by atoms with Crippen LogP contribution in [0.15, 0.2) is 23.1 Å². The molecule has 2 aliphatic heterocycles. The number of aliphatic carboxylic acids is 1. The van der Waals surface area contributed by atoms with E-state index in [9.17, 15) is 23.1 Å². The normalized spacial score (nSPS) is 25.8. The van der Waals surface area contributed by atoms with Gasteiger partial charge in [0.1, 0.15) is 0 Å². The molecule has 2 heterocycles. The van der Waals surface area contributed by atoms with Crippen LogP contribution in [0, 0.1) is 5.92 Å². The van der Waals surface area contributed by atoms with Crippen LogP contribution in [-0.2, 0) is 37.2 Å². The highest BCUT2D eigenvalue weighted by atomic mass is 32.2. The predicted octanol–water partition coefficient (Wildman–Crippen LogP) is 1.28. The number of hydrogen-bond acceptors (Lipinski definition) is 5. The van der Waals surface area contributed by atoms with Crippen molar-refractivity contribution in [1.82, 2.24) is 9.21 Å². The number of aryl methyl sites for hydroxylation is 2. The molecule has 30 heavy (non-hydrogen) atoms. The molecule has 9 heteroatoms. The van der Waals surface area contributed by atoms with E-state index in [-0.39, 0.29) is 37.6 Å². The summed E-state index contributed by atoms with van der Waals surface area (Å²) in [5.74, 6) is -1.48. The van der Waals surface area contributed by atoms with Crippen molar-refractivity contribution in [2.75, 3.05) is 26.2 Å². The van der Waals surface area contributed by atoms with E-state index >= 15 is 0 Å². The average molecular weight is 437 g/mol. The summed E-state index contributed by atoms with van der Waals surface area (Å²) in [5, 5.41) is 9.22. The Bertz CT molecular complexity index is 939. The summed E-state index contributed by atoms with van der Waals surface area (Å²) in [5.41, 5.74) is 2.35. The molecule has 0 bridgehead atoms. The third-order valence-corrected chi connectivity index (χ3v) is 8.25.